The van der Waals surface area contributed by atoms with Crippen LogP contribution in [0.5, 0.6) is 0 Å². The van der Waals surface area contributed by atoms with Crippen LogP contribution in [0, 0.1) is 0 Å². The number of nitrogens with one attached hydrogen (secondary N) is 2. The SMILES string of the molecule is O=C(NCC(=O)c1c[nH]c2ccccc12)c1cnccn1. The molecule has 0 fully saturated rings. The zero-order valence-corrected chi connectivity index (χ0v) is 11.0. The highest BCUT2D eigenvalue weighted by Gasteiger charge is 2.14. The zero-order valence-electron chi connectivity index (χ0n) is 11.0. The van der Waals surface area contributed by atoms with Gasteiger partial charge in [0, 0.05) is 35.1 Å². The number of amides is 1. The smallest absolute Gasteiger partial charge is 0.271 e. The molecule has 6 nitrogen and oxygen atoms in total. The first kappa shape index (κ1) is 13.0. The van der Waals surface area contributed by atoms with Crippen molar-refractivity contribution < 1.29 is 9.59 Å². The van der Waals surface area contributed by atoms with Crippen LogP contribution >= 0.6 is 0 Å². The number of nitrogens with zero attached hydrogens (tertiary/aromatic N) is 2. The topological polar surface area (TPSA) is 87.7 Å². The molecule has 0 saturated carbocycles. The normalized spacial score (nSPS) is 10.5. The van der Waals surface area contributed by atoms with E-state index in [1.807, 2.05) is 24.3 Å². The van der Waals surface area contributed by atoms with Crippen molar-refractivity contribution in [3.05, 3.63) is 60.3 Å². The summed E-state index contributed by atoms with van der Waals surface area (Å²) in [4.78, 5) is 34.7. The van der Waals surface area contributed by atoms with Gasteiger partial charge in [0.2, 0.25) is 0 Å². The number of aromatic amines is 1. The van der Waals surface area contributed by atoms with Gasteiger partial charge in [0.25, 0.3) is 5.91 Å². The molecule has 0 spiro atoms. The third-order valence-corrected chi connectivity index (χ3v) is 3.09. The van der Waals surface area contributed by atoms with Crippen molar-refractivity contribution in [1.29, 1.82) is 0 Å². The lowest BCUT2D eigenvalue weighted by atomic mass is 10.1. The molecule has 2 N–H and O–H groups in total. The molecular weight excluding hydrogens is 268 g/mol. The highest BCUT2D eigenvalue weighted by Crippen LogP contribution is 2.17. The summed E-state index contributed by atoms with van der Waals surface area (Å²) in [5.41, 5.74) is 1.63. The van der Waals surface area contributed by atoms with E-state index in [0.29, 0.717) is 5.56 Å². The average Bonchev–Trinajstić information content (AvgIpc) is 2.97. The van der Waals surface area contributed by atoms with Crippen molar-refractivity contribution in [1.82, 2.24) is 20.3 Å². The van der Waals surface area contributed by atoms with E-state index in [-0.39, 0.29) is 18.0 Å². The summed E-state index contributed by atoms with van der Waals surface area (Å²) in [6, 6.07) is 7.52. The van der Waals surface area contributed by atoms with E-state index in [0.717, 1.165) is 10.9 Å². The number of fused-ring (bicyclic) bond motifs is 1. The van der Waals surface area contributed by atoms with Crippen molar-refractivity contribution in [2.75, 3.05) is 6.54 Å². The van der Waals surface area contributed by atoms with E-state index in [1.165, 1.54) is 18.6 Å². The first-order valence-corrected chi connectivity index (χ1v) is 6.39. The Balaban J connectivity index is 1.71. The molecule has 0 saturated heterocycles. The van der Waals surface area contributed by atoms with Crippen LogP contribution in [0.3, 0.4) is 0 Å². The lowest BCUT2D eigenvalue weighted by Crippen LogP contribution is -2.30. The van der Waals surface area contributed by atoms with Gasteiger partial charge in [0.15, 0.2) is 5.78 Å². The van der Waals surface area contributed by atoms with Crippen LogP contribution in [0.15, 0.2) is 49.1 Å². The summed E-state index contributed by atoms with van der Waals surface area (Å²) < 4.78 is 0. The maximum atomic E-state index is 12.2. The molecule has 0 radical (unpaired) electrons. The fourth-order valence-electron chi connectivity index (χ4n) is 2.06. The van der Waals surface area contributed by atoms with Gasteiger partial charge in [-0.2, -0.15) is 0 Å². The van der Waals surface area contributed by atoms with Crippen molar-refractivity contribution in [2.45, 2.75) is 0 Å². The first-order chi connectivity index (χ1) is 10.3. The molecule has 0 atom stereocenters. The van der Waals surface area contributed by atoms with Gasteiger partial charge in [-0.3, -0.25) is 14.6 Å². The molecule has 21 heavy (non-hydrogen) atoms. The van der Waals surface area contributed by atoms with Crippen molar-refractivity contribution >= 4 is 22.6 Å². The number of carbonyl (C=O) groups excluding carboxylic acids is 2. The van der Waals surface area contributed by atoms with Gasteiger partial charge in [0.1, 0.15) is 5.69 Å². The Hall–Kier alpha value is -3.02. The quantitative estimate of drug-likeness (QED) is 0.710. The van der Waals surface area contributed by atoms with Crippen LogP contribution in [0.4, 0.5) is 0 Å². The highest BCUT2D eigenvalue weighted by atomic mass is 16.2. The molecule has 2 aromatic heterocycles. The molecule has 0 unspecified atom stereocenters. The van der Waals surface area contributed by atoms with E-state index in [9.17, 15) is 9.59 Å². The Morgan fingerprint density at radius 2 is 2.05 bits per heavy atom. The number of hydrogen-bond acceptors (Lipinski definition) is 4. The van der Waals surface area contributed by atoms with Gasteiger partial charge in [-0.1, -0.05) is 18.2 Å². The van der Waals surface area contributed by atoms with Crippen molar-refractivity contribution in [2.24, 2.45) is 0 Å². The zero-order chi connectivity index (χ0) is 14.7. The number of H-pyrrole nitrogens is 1. The fraction of sp³-hybridized carbons (Fsp3) is 0.0667. The Labute approximate surface area is 120 Å². The summed E-state index contributed by atoms with van der Waals surface area (Å²) in [7, 11) is 0. The molecular formula is C15H12N4O2. The minimum Gasteiger partial charge on any atom is -0.360 e. The summed E-state index contributed by atoms with van der Waals surface area (Å²) in [5.74, 6) is -0.582. The molecule has 104 valence electrons. The van der Waals surface area contributed by atoms with Gasteiger partial charge >= 0.3 is 0 Å². The van der Waals surface area contributed by atoms with E-state index in [1.54, 1.807) is 6.20 Å². The monoisotopic (exact) mass is 280 g/mol. The number of aromatic nitrogens is 3. The first-order valence-electron chi connectivity index (χ1n) is 6.39. The van der Waals surface area contributed by atoms with Crippen LogP contribution in [0.1, 0.15) is 20.8 Å². The maximum absolute atomic E-state index is 12.2. The van der Waals surface area contributed by atoms with E-state index < -0.39 is 5.91 Å². The number of ketones is 1. The molecule has 0 aliphatic heterocycles. The van der Waals surface area contributed by atoms with Gasteiger partial charge < -0.3 is 10.3 Å². The molecule has 1 aromatic carbocycles. The van der Waals surface area contributed by atoms with Crippen molar-refractivity contribution in [3.8, 4) is 0 Å². The number of hydrogen-bond donors (Lipinski definition) is 2. The van der Waals surface area contributed by atoms with Gasteiger partial charge in [-0.25, -0.2) is 4.98 Å². The minimum absolute atomic E-state index is 0.0861. The van der Waals surface area contributed by atoms with Crippen LogP contribution in [0.25, 0.3) is 10.9 Å². The summed E-state index contributed by atoms with van der Waals surface area (Å²) in [5, 5.41) is 3.39. The largest absolute Gasteiger partial charge is 0.360 e. The number of Topliss-reactive ketones (excluding diaryl/α,β-unsaturated/α-hetero) is 1. The van der Waals surface area contributed by atoms with Crippen LogP contribution in [0.2, 0.25) is 0 Å². The molecule has 3 aromatic rings. The number of rotatable bonds is 4. The fourth-order valence-corrected chi connectivity index (χ4v) is 2.06. The summed E-state index contributed by atoms with van der Waals surface area (Å²) in [6.07, 6.45) is 5.91. The van der Waals surface area contributed by atoms with Crippen molar-refractivity contribution in [3.63, 3.8) is 0 Å². The third-order valence-electron chi connectivity index (χ3n) is 3.09. The Morgan fingerprint density at radius 1 is 1.19 bits per heavy atom. The maximum Gasteiger partial charge on any atom is 0.271 e. The lowest BCUT2D eigenvalue weighted by Gasteiger charge is -2.03. The second-order valence-corrected chi connectivity index (χ2v) is 4.44. The summed E-state index contributed by atoms with van der Waals surface area (Å²) >= 11 is 0. The predicted octanol–water partition coefficient (Wildman–Crippen LogP) is 1.57. The van der Waals surface area contributed by atoms with E-state index in [4.69, 9.17) is 0 Å². The number of benzene rings is 1. The van der Waals surface area contributed by atoms with Gasteiger partial charge in [0.05, 0.1) is 12.7 Å². The highest BCUT2D eigenvalue weighted by molar-refractivity contribution is 6.10. The molecule has 0 aliphatic carbocycles. The average molecular weight is 280 g/mol. The molecule has 6 heteroatoms. The predicted molar refractivity (Wildman–Crippen MR) is 77.0 cm³/mol. The molecule has 3 rings (SSSR count). The molecule has 2 heterocycles. The minimum atomic E-state index is -0.420. The Morgan fingerprint density at radius 3 is 2.86 bits per heavy atom. The lowest BCUT2D eigenvalue weighted by molar-refractivity contribution is 0.0901. The van der Waals surface area contributed by atoms with Crippen LogP contribution in [-0.4, -0.2) is 33.2 Å². The van der Waals surface area contributed by atoms with Gasteiger partial charge in [-0.05, 0) is 6.07 Å². The Bertz CT molecular complexity index is 796. The van der Waals surface area contributed by atoms with E-state index in [2.05, 4.69) is 20.3 Å². The molecule has 0 bridgehead atoms. The van der Waals surface area contributed by atoms with Crippen LogP contribution in [-0.2, 0) is 0 Å². The Kier molecular flexibility index (Phi) is 3.42. The number of para-hydroxylation sites is 1. The second kappa shape index (κ2) is 5.54. The third kappa shape index (κ3) is 2.64. The molecule has 0 aliphatic rings. The second-order valence-electron chi connectivity index (χ2n) is 4.44. The molecule has 1 amide bonds. The van der Waals surface area contributed by atoms with Gasteiger partial charge in [-0.15, -0.1) is 0 Å². The standard InChI is InChI=1S/C15H12N4O2/c20-14(9-19-15(21)13-8-16-5-6-17-13)11-7-18-12-4-2-1-3-10(11)12/h1-8,18H,9H2,(H,19,21). The summed E-state index contributed by atoms with van der Waals surface area (Å²) in [6.45, 7) is -0.0861. The van der Waals surface area contributed by atoms with Crippen LogP contribution < -0.4 is 5.32 Å². The van der Waals surface area contributed by atoms with E-state index >= 15 is 0 Å². The number of carbonyl (C=O) groups is 2.